The third kappa shape index (κ3) is 4.24. The number of nitrogens with two attached hydrogens (primary N) is 1. The fourth-order valence-electron chi connectivity index (χ4n) is 3.33. The summed E-state index contributed by atoms with van der Waals surface area (Å²) in [5, 5.41) is 3.01. The summed E-state index contributed by atoms with van der Waals surface area (Å²) in [7, 11) is 0. The van der Waals surface area contributed by atoms with E-state index < -0.39 is 0 Å². The van der Waals surface area contributed by atoms with E-state index in [1.165, 1.54) is 0 Å². The van der Waals surface area contributed by atoms with Crippen molar-refractivity contribution in [3.8, 4) is 5.75 Å². The molecule has 0 bridgehead atoms. The molecule has 0 spiro atoms. The Morgan fingerprint density at radius 3 is 2.70 bits per heavy atom. The standard InChI is InChI=1S/C18H26N2O3/c1-12-10-15(20-18(21)13-2-3-14(19)11-13)4-5-17(12)23-16-6-8-22-9-7-16/h4-5,10,13-14,16H,2-3,6-9,11,19H2,1H3,(H,20,21). The SMILES string of the molecule is Cc1cc(NC(=O)C2CCC(N)C2)ccc1OC1CCOCC1. The van der Waals surface area contributed by atoms with Crippen molar-refractivity contribution < 1.29 is 14.3 Å². The molecular formula is C18H26N2O3. The maximum atomic E-state index is 12.3. The molecule has 2 fully saturated rings. The second-order valence-corrected chi connectivity index (χ2v) is 6.67. The summed E-state index contributed by atoms with van der Waals surface area (Å²) >= 11 is 0. The van der Waals surface area contributed by atoms with E-state index in [4.69, 9.17) is 15.2 Å². The van der Waals surface area contributed by atoms with Crippen LogP contribution in [-0.4, -0.2) is 31.3 Å². The maximum absolute atomic E-state index is 12.3. The van der Waals surface area contributed by atoms with Crippen LogP contribution >= 0.6 is 0 Å². The van der Waals surface area contributed by atoms with Gasteiger partial charge in [-0.25, -0.2) is 0 Å². The molecule has 2 atom stereocenters. The van der Waals surface area contributed by atoms with Crippen molar-refractivity contribution in [2.45, 2.75) is 51.2 Å². The van der Waals surface area contributed by atoms with E-state index in [1.807, 2.05) is 25.1 Å². The van der Waals surface area contributed by atoms with E-state index >= 15 is 0 Å². The van der Waals surface area contributed by atoms with Crippen molar-refractivity contribution in [1.82, 2.24) is 0 Å². The second-order valence-electron chi connectivity index (χ2n) is 6.67. The number of nitrogens with one attached hydrogen (secondary N) is 1. The van der Waals surface area contributed by atoms with Crippen LogP contribution in [0.1, 0.15) is 37.7 Å². The van der Waals surface area contributed by atoms with Crippen LogP contribution in [0.4, 0.5) is 5.69 Å². The molecule has 1 aromatic carbocycles. The van der Waals surface area contributed by atoms with Gasteiger partial charge in [-0.2, -0.15) is 0 Å². The van der Waals surface area contributed by atoms with Crippen molar-refractivity contribution in [3.63, 3.8) is 0 Å². The van der Waals surface area contributed by atoms with Gasteiger partial charge in [0, 0.05) is 30.5 Å². The number of aryl methyl sites for hydroxylation is 1. The third-order valence-corrected chi connectivity index (χ3v) is 4.75. The monoisotopic (exact) mass is 318 g/mol. The lowest BCUT2D eigenvalue weighted by molar-refractivity contribution is -0.119. The molecule has 1 aromatic rings. The van der Waals surface area contributed by atoms with Gasteiger partial charge in [0.25, 0.3) is 0 Å². The first-order chi connectivity index (χ1) is 11.1. The number of rotatable bonds is 4. The predicted octanol–water partition coefficient (Wildman–Crippen LogP) is 2.62. The summed E-state index contributed by atoms with van der Waals surface area (Å²) in [4.78, 5) is 12.3. The quantitative estimate of drug-likeness (QED) is 0.895. The Morgan fingerprint density at radius 1 is 1.26 bits per heavy atom. The molecule has 126 valence electrons. The van der Waals surface area contributed by atoms with Crippen molar-refractivity contribution in [1.29, 1.82) is 0 Å². The van der Waals surface area contributed by atoms with Gasteiger partial charge >= 0.3 is 0 Å². The molecule has 23 heavy (non-hydrogen) atoms. The van der Waals surface area contributed by atoms with E-state index in [-0.39, 0.29) is 24.0 Å². The topological polar surface area (TPSA) is 73.6 Å². The fraction of sp³-hybridized carbons (Fsp3) is 0.611. The van der Waals surface area contributed by atoms with Crippen molar-refractivity contribution in [3.05, 3.63) is 23.8 Å². The highest BCUT2D eigenvalue weighted by Gasteiger charge is 2.27. The molecule has 3 rings (SSSR count). The van der Waals surface area contributed by atoms with E-state index in [9.17, 15) is 4.79 Å². The van der Waals surface area contributed by atoms with Crippen LogP contribution in [-0.2, 0) is 9.53 Å². The molecule has 0 radical (unpaired) electrons. The molecule has 5 nitrogen and oxygen atoms in total. The van der Waals surface area contributed by atoms with Crippen LogP contribution in [0.15, 0.2) is 18.2 Å². The Labute approximate surface area is 137 Å². The summed E-state index contributed by atoms with van der Waals surface area (Å²) in [6.07, 6.45) is 4.70. The fourth-order valence-corrected chi connectivity index (χ4v) is 3.33. The molecule has 3 N–H and O–H groups in total. The lowest BCUT2D eigenvalue weighted by atomic mass is 10.1. The zero-order chi connectivity index (χ0) is 16.2. The van der Waals surface area contributed by atoms with Gasteiger partial charge in [-0.05, 0) is 49.9 Å². The summed E-state index contributed by atoms with van der Waals surface area (Å²) in [6, 6.07) is 6.00. The van der Waals surface area contributed by atoms with E-state index in [1.54, 1.807) is 0 Å². The zero-order valence-electron chi connectivity index (χ0n) is 13.7. The molecule has 2 aliphatic rings. The first-order valence-corrected chi connectivity index (χ1v) is 8.53. The largest absolute Gasteiger partial charge is 0.490 e. The smallest absolute Gasteiger partial charge is 0.227 e. The molecular weight excluding hydrogens is 292 g/mol. The van der Waals surface area contributed by atoms with Crippen molar-refractivity contribution in [2.24, 2.45) is 11.7 Å². The Kier molecular flexibility index (Phi) is 5.18. The van der Waals surface area contributed by atoms with Crippen LogP contribution in [0, 0.1) is 12.8 Å². The highest BCUT2D eigenvalue weighted by Crippen LogP contribution is 2.28. The minimum atomic E-state index is 0.0449. The van der Waals surface area contributed by atoms with E-state index in [0.29, 0.717) is 0 Å². The highest BCUT2D eigenvalue weighted by atomic mass is 16.5. The van der Waals surface area contributed by atoms with Crippen molar-refractivity contribution >= 4 is 11.6 Å². The van der Waals surface area contributed by atoms with Crippen LogP contribution < -0.4 is 15.8 Å². The lowest BCUT2D eigenvalue weighted by Gasteiger charge is -2.24. The van der Waals surface area contributed by atoms with Gasteiger partial charge in [-0.15, -0.1) is 0 Å². The minimum Gasteiger partial charge on any atom is -0.490 e. The van der Waals surface area contributed by atoms with Gasteiger partial charge in [0.1, 0.15) is 11.9 Å². The molecule has 1 amide bonds. The van der Waals surface area contributed by atoms with Gasteiger partial charge in [-0.3, -0.25) is 4.79 Å². The molecule has 2 unspecified atom stereocenters. The maximum Gasteiger partial charge on any atom is 0.227 e. The van der Waals surface area contributed by atoms with Crippen LogP contribution in [0.3, 0.4) is 0 Å². The minimum absolute atomic E-state index is 0.0449. The Bertz CT molecular complexity index is 555. The second kappa shape index (κ2) is 7.32. The number of ether oxygens (including phenoxy) is 2. The Hall–Kier alpha value is -1.59. The van der Waals surface area contributed by atoms with Gasteiger partial charge in [0.05, 0.1) is 13.2 Å². The molecule has 1 heterocycles. The summed E-state index contributed by atoms with van der Waals surface area (Å²) in [6.45, 7) is 3.54. The normalized spacial score (nSPS) is 25.3. The molecule has 1 saturated heterocycles. The van der Waals surface area contributed by atoms with Gasteiger partial charge in [-0.1, -0.05) is 0 Å². The van der Waals surface area contributed by atoms with Gasteiger partial charge in [0.15, 0.2) is 0 Å². The Morgan fingerprint density at radius 2 is 2.04 bits per heavy atom. The zero-order valence-corrected chi connectivity index (χ0v) is 13.7. The number of benzene rings is 1. The highest BCUT2D eigenvalue weighted by molar-refractivity contribution is 5.92. The van der Waals surface area contributed by atoms with Crippen LogP contribution in [0.5, 0.6) is 5.75 Å². The lowest BCUT2D eigenvalue weighted by Crippen LogP contribution is -2.26. The first kappa shape index (κ1) is 16.3. The van der Waals surface area contributed by atoms with Crippen LogP contribution in [0.25, 0.3) is 0 Å². The number of carbonyl (C=O) groups excluding carboxylic acids is 1. The molecule has 1 aliphatic heterocycles. The molecule has 1 aliphatic carbocycles. The number of anilines is 1. The molecule has 5 heteroatoms. The van der Waals surface area contributed by atoms with Crippen molar-refractivity contribution in [2.75, 3.05) is 18.5 Å². The van der Waals surface area contributed by atoms with E-state index in [0.717, 1.165) is 62.3 Å². The number of amides is 1. The summed E-state index contributed by atoms with van der Waals surface area (Å²) in [5.41, 5.74) is 7.75. The summed E-state index contributed by atoms with van der Waals surface area (Å²) < 4.78 is 11.4. The number of hydrogen-bond donors (Lipinski definition) is 2. The molecule has 1 saturated carbocycles. The van der Waals surface area contributed by atoms with E-state index in [2.05, 4.69) is 5.32 Å². The Balaban J connectivity index is 1.58. The predicted molar refractivity (Wildman–Crippen MR) is 89.6 cm³/mol. The third-order valence-electron chi connectivity index (χ3n) is 4.75. The van der Waals surface area contributed by atoms with Gasteiger partial charge < -0.3 is 20.5 Å². The molecule has 0 aromatic heterocycles. The van der Waals surface area contributed by atoms with Gasteiger partial charge in [0.2, 0.25) is 5.91 Å². The average molecular weight is 318 g/mol. The number of carbonyl (C=O) groups is 1. The number of hydrogen-bond acceptors (Lipinski definition) is 4. The summed E-state index contributed by atoms with van der Waals surface area (Å²) in [5.74, 6) is 1.01. The average Bonchev–Trinajstić information content (AvgIpc) is 2.98. The first-order valence-electron chi connectivity index (χ1n) is 8.53. The van der Waals surface area contributed by atoms with Crippen LogP contribution in [0.2, 0.25) is 0 Å².